The summed E-state index contributed by atoms with van der Waals surface area (Å²) in [5, 5.41) is 0. The molecule has 0 aliphatic carbocycles. The van der Waals surface area contributed by atoms with Gasteiger partial charge in [-0.05, 0) is 11.6 Å². The third-order valence-electron chi connectivity index (χ3n) is 1.31. The standard InChI is InChI=1S/C7H4BF3.C2H6/c8-3-4-1-6(10)7(11)2-5(4)9;1-2/h1-2H,3H2;1-2H3. The van der Waals surface area contributed by atoms with E-state index in [1.54, 1.807) is 0 Å². The average molecular weight is 186 g/mol. The summed E-state index contributed by atoms with van der Waals surface area (Å²) < 4.78 is 37.1. The van der Waals surface area contributed by atoms with Gasteiger partial charge in [0.05, 0.1) is 7.85 Å². The van der Waals surface area contributed by atoms with Gasteiger partial charge in [-0.1, -0.05) is 20.2 Å². The van der Waals surface area contributed by atoms with E-state index in [4.69, 9.17) is 7.85 Å². The van der Waals surface area contributed by atoms with Crippen LogP contribution in [0.15, 0.2) is 12.1 Å². The molecule has 2 radical (unpaired) electrons. The summed E-state index contributed by atoms with van der Waals surface area (Å²) >= 11 is 0. The van der Waals surface area contributed by atoms with Crippen LogP contribution in [-0.2, 0) is 6.32 Å². The molecule has 0 saturated carbocycles. The van der Waals surface area contributed by atoms with Crippen molar-refractivity contribution in [2.75, 3.05) is 0 Å². The summed E-state index contributed by atoms with van der Waals surface area (Å²) in [7, 11) is 5.04. The van der Waals surface area contributed by atoms with Gasteiger partial charge >= 0.3 is 0 Å². The van der Waals surface area contributed by atoms with Crippen molar-refractivity contribution in [1.29, 1.82) is 0 Å². The highest BCUT2D eigenvalue weighted by molar-refractivity contribution is 6.08. The Bertz CT molecular complexity index is 274. The first-order valence-corrected chi connectivity index (χ1v) is 3.98. The van der Waals surface area contributed by atoms with Crippen LogP contribution in [0.1, 0.15) is 19.4 Å². The lowest BCUT2D eigenvalue weighted by atomic mass is 9.96. The Labute approximate surface area is 77.2 Å². The summed E-state index contributed by atoms with van der Waals surface area (Å²) in [6.07, 6.45) is -0.136. The Kier molecular flexibility index (Phi) is 5.27. The first kappa shape index (κ1) is 12.1. The lowest BCUT2D eigenvalue weighted by Gasteiger charge is -1.99. The smallest absolute Gasteiger partial charge is 0.161 e. The monoisotopic (exact) mass is 186 g/mol. The normalized spacial score (nSPS) is 9.00. The Morgan fingerprint density at radius 2 is 1.46 bits per heavy atom. The topological polar surface area (TPSA) is 0 Å². The van der Waals surface area contributed by atoms with Gasteiger partial charge in [0.15, 0.2) is 11.6 Å². The van der Waals surface area contributed by atoms with Gasteiger partial charge in [0, 0.05) is 6.07 Å². The molecule has 0 N–H and O–H groups in total. The highest BCUT2D eigenvalue weighted by Gasteiger charge is 2.06. The van der Waals surface area contributed by atoms with Crippen LogP contribution in [0.3, 0.4) is 0 Å². The first-order chi connectivity index (χ1) is 6.15. The Morgan fingerprint density at radius 1 is 1.00 bits per heavy atom. The SMILES string of the molecule is CC.[B]Cc1cc(F)c(F)cc1F. The molecular weight excluding hydrogens is 176 g/mol. The van der Waals surface area contributed by atoms with Gasteiger partial charge in [-0.15, -0.1) is 0 Å². The quantitative estimate of drug-likeness (QED) is 0.467. The van der Waals surface area contributed by atoms with Crippen molar-refractivity contribution in [1.82, 2.24) is 0 Å². The lowest BCUT2D eigenvalue weighted by molar-refractivity contribution is 0.491. The van der Waals surface area contributed by atoms with Crippen LogP contribution in [-0.4, -0.2) is 7.85 Å². The Hall–Kier alpha value is -0.925. The fraction of sp³-hybridized carbons (Fsp3) is 0.333. The maximum absolute atomic E-state index is 12.5. The van der Waals surface area contributed by atoms with Crippen LogP contribution in [0.25, 0.3) is 0 Å². The molecule has 0 amide bonds. The number of hydrogen-bond acceptors (Lipinski definition) is 0. The van der Waals surface area contributed by atoms with Crippen LogP contribution in [0.4, 0.5) is 13.2 Å². The molecule has 1 aromatic carbocycles. The second-order valence-corrected chi connectivity index (χ2v) is 2.06. The van der Waals surface area contributed by atoms with E-state index in [-0.39, 0.29) is 11.9 Å². The highest BCUT2D eigenvalue weighted by Crippen LogP contribution is 2.12. The minimum absolute atomic E-state index is 0.0242. The first-order valence-electron chi connectivity index (χ1n) is 3.98. The molecular formula is C9H10BF3. The highest BCUT2D eigenvalue weighted by atomic mass is 19.2. The lowest BCUT2D eigenvalue weighted by Crippen LogP contribution is -1.94. The number of hydrogen-bond donors (Lipinski definition) is 0. The van der Waals surface area contributed by atoms with Gasteiger partial charge in [0.25, 0.3) is 0 Å². The van der Waals surface area contributed by atoms with Crippen molar-refractivity contribution in [3.05, 3.63) is 35.1 Å². The molecule has 1 rings (SSSR count). The van der Waals surface area contributed by atoms with Crippen molar-refractivity contribution < 1.29 is 13.2 Å². The van der Waals surface area contributed by atoms with Crippen LogP contribution in [0.2, 0.25) is 0 Å². The Morgan fingerprint density at radius 3 is 1.92 bits per heavy atom. The summed E-state index contributed by atoms with van der Waals surface area (Å²) in [6, 6.07) is 1.24. The third kappa shape index (κ3) is 3.13. The van der Waals surface area contributed by atoms with Gasteiger partial charge in [0.1, 0.15) is 5.82 Å². The summed E-state index contributed by atoms with van der Waals surface area (Å²) in [5.41, 5.74) is -0.0242. The zero-order chi connectivity index (χ0) is 10.4. The average Bonchev–Trinajstić information content (AvgIpc) is 2.15. The molecule has 0 aliphatic rings. The molecule has 1 aromatic rings. The maximum Gasteiger partial charge on any atom is 0.161 e. The largest absolute Gasteiger partial charge is 0.207 e. The molecule has 4 heteroatoms. The molecule has 13 heavy (non-hydrogen) atoms. The molecule has 0 spiro atoms. The molecule has 0 unspecified atom stereocenters. The van der Waals surface area contributed by atoms with Crippen LogP contribution in [0, 0.1) is 17.5 Å². The summed E-state index contributed by atoms with van der Waals surface area (Å²) in [6.45, 7) is 4.00. The fourth-order valence-corrected chi connectivity index (χ4v) is 0.720. The minimum atomic E-state index is -1.19. The second kappa shape index (κ2) is 5.67. The van der Waals surface area contributed by atoms with Crippen molar-refractivity contribution in [2.45, 2.75) is 20.2 Å². The van der Waals surface area contributed by atoms with Crippen molar-refractivity contribution in [2.24, 2.45) is 0 Å². The van der Waals surface area contributed by atoms with Gasteiger partial charge in [-0.2, -0.15) is 0 Å². The van der Waals surface area contributed by atoms with E-state index < -0.39 is 17.5 Å². The zero-order valence-corrected chi connectivity index (χ0v) is 7.57. The van der Waals surface area contributed by atoms with E-state index >= 15 is 0 Å². The molecule has 0 heterocycles. The van der Waals surface area contributed by atoms with Crippen molar-refractivity contribution >= 4 is 7.85 Å². The zero-order valence-electron chi connectivity index (χ0n) is 7.57. The molecule has 0 aromatic heterocycles. The third-order valence-corrected chi connectivity index (χ3v) is 1.31. The fourth-order valence-electron chi connectivity index (χ4n) is 0.720. The second-order valence-electron chi connectivity index (χ2n) is 2.06. The predicted molar refractivity (Wildman–Crippen MR) is 47.1 cm³/mol. The van der Waals surface area contributed by atoms with E-state index in [1.807, 2.05) is 13.8 Å². The molecule has 0 saturated heterocycles. The van der Waals surface area contributed by atoms with E-state index in [0.29, 0.717) is 6.07 Å². The predicted octanol–water partition coefficient (Wildman–Crippen LogP) is 2.80. The minimum Gasteiger partial charge on any atom is -0.207 e. The molecule has 70 valence electrons. The van der Waals surface area contributed by atoms with E-state index in [1.165, 1.54) is 0 Å². The van der Waals surface area contributed by atoms with Gasteiger partial charge in [0.2, 0.25) is 0 Å². The molecule has 0 aliphatic heterocycles. The van der Waals surface area contributed by atoms with Crippen LogP contribution in [0.5, 0.6) is 0 Å². The van der Waals surface area contributed by atoms with E-state index in [2.05, 4.69) is 0 Å². The van der Waals surface area contributed by atoms with E-state index in [9.17, 15) is 13.2 Å². The summed E-state index contributed by atoms with van der Waals surface area (Å²) in [5.74, 6) is -3.09. The van der Waals surface area contributed by atoms with Gasteiger partial charge in [-0.3, -0.25) is 0 Å². The van der Waals surface area contributed by atoms with Crippen molar-refractivity contribution in [3.8, 4) is 0 Å². The van der Waals surface area contributed by atoms with Gasteiger partial charge < -0.3 is 0 Å². The summed E-state index contributed by atoms with van der Waals surface area (Å²) in [4.78, 5) is 0. The molecule has 0 atom stereocenters. The molecule has 0 bridgehead atoms. The maximum atomic E-state index is 12.5. The number of rotatable bonds is 1. The van der Waals surface area contributed by atoms with Crippen molar-refractivity contribution in [3.63, 3.8) is 0 Å². The number of halogens is 3. The van der Waals surface area contributed by atoms with E-state index in [0.717, 1.165) is 6.07 Å². The van der Waals surface area contributed by atoms with Crippen LogP contribution < -0.4 is 0 Å². The van der Waals surface area contributed by atoms with Crippen LogP contribution >= 0.6 is 0 Å². The molecule has 0 fully saturated rings. The van der Waals surface area contributed by atoms with Gasteiger partial charge in [-0.25, -0.2) is 13.2 Å². The Balaban J connectivity index is 0.000000671. The molecule has 0 nitrogen and oxygen atoms in total. The number of benzene rings is 1.